The highest BCUT2D eigenvalue weighted by atomic mass is 31.0. The molecule has 1 aromatic rings. The molecule has 0 aromatic carbocycles. The molecule has 1 atom stereocenters. The summed E-state index contributed by atoms with van der Waals surface area (Å²) in [5.41, 5.74) is 2.35. The number of pyridine rings is 1. The minimum Gasteiger partial charge on any atom is -0.276 e. The Labute approximate surface area is 78.3 Å². The van der Waals surface area contributed by atoms with Gasteiger partial charge >= 0.3 is 0 Å². The highest BCUT2D eigenvalue weighted by Gasteiger charge is 2.23. The van der Waals surface area contributed by atoms with Crippen molar-refractivity contribution in [1.82, 2.24) is 9.99 Å². The summed E-state index contributed by atoms with van der Waals surface area (Å²) in [6.45, 7) is 0.583. The van der Waals surface area contributed by atoms with Gasteiger partial charge in [-0.1, -0.05) is 9.24 Å². The SMILES string of the molecule is NN1CCc2ccnc(P)c2C1=O. The molecule has 5 heteroatoms. The number of carbonyl (C=O) groups excluding carboxylic acids is 1. The summed E-state index contributed by atoms with van der Waals surface area (Å²) in [5, 5.41) is 1.23. The average molecular weight is 195 g/mol. The van der Waals surface area contributed by atoms with Crippen LogP contribution in [-0.4, -0.2) is 22.4 Å². The normalized spacial score (nSPS) is 15.8. The Hall–Kier alpha value is -0.990. The fourth-order valence-corrected chi connectivity index (χ4v) is 1.86. The van der Waals surface area contributed by atoms with E-state index >= 15 is 0 Å². The van der Waals surface area contributed by atoms with Gasteiger partial charge in [-0.05, 0) is 18.1 Å². The molecule has 1 aliphatic rings. The quantitative estimate of drug-likeness (QED) is 0.343. The first-order valence-electron chi connectivity index (χ1n) is 4.00. The summed E-state index contributed by atoms with van der Waals surface area (Å²) < 4.78 is 0. The molecule has 1 aliphatic heterocycles. The maximum atomic E-state index is 11.6. The fourth-order valence-electron chi connectivity index (χ4n) is 1.46. The Bertz CT molecular complexity index is 366. The Morgan fingerprint density at radius 1 is 1.62 bits per heavy atom. The van der Waals surface area contributed by atoms with Crippen LogP contribution < -0.4 is 11.3 Å². The lowest BCUT2D eigenvalue weighted by molar-refractivity contribution is 0.0741. The minimum absolute atomic E-state index is 0.139. The zero-order chi connectivity index (χ0) is 9.42. The van der Waals surface area contributed by atoms with E-state index in [1.54, 1.807) is 6.20 Å². The van der Waals surface area contributed by atoms with Crippen LogP contribution in [0.25, 0.3) is 0 Å². The van der Waals surface area contributed by atoms with Gasteiger partial charge in [0, 0.05) is 12.7 Å². The van der Waals surface area contributed by atoms with Crippen LogP contribution in [0.15, 0.2) is 12.3 Å². The van der Waals surface area contributed by atoms with Crippen molar-refractivity contribution in [2.24, 2.45) is 5.84 Å². The molecule has 0 bridgehead atoms. The number of hydrazine groups is 1. The predicted molar refractivity (Wildman–Crippen MR) is 52.5 cm³/mol. The second-order valence-electron chi connectivity index (χ2n) is 2.98. The number of hydrogen-bond acceptors (Lipinski definition) is 3. The Morgan fingerprint density at radius 2 is 2.38 bits per heavy atom. The van der Waals surface area contributed by atoms with Crippen molar-refractivity contribution in [3.05, 3.63) is 23.4 Å². The van der Waals surface area contributed by atoms with Crippen LogP contribution in [0.4, 0.5) is 0 Å². The smallest absolute Gasteiger partial charge is 0.270 e. The Balaban J connectivity index is 2.57. The summed E-state index contributed by atoms with van der Waals surface area (Å²) in [7, 11) is 2.45. The van der Waals surface area contributed by atoms with Crippen LogP contribution in [0.1, 0.15) is 15.9 Å². The Morgan fingerprint density at radius 3 is 3.15 bits per heavy atom. The molecule has 13 heavy (non-hydrogen) atoms. The van der Waals surface area contributed by atoms with Crippen molar-refractivity contribution in [3.63, 3.8) is 0 Å². The lowest BCUT2D eigenvalue weighted by atomic mass is 10.0. The lowest BCUT2D eigenvalue weighted by Crippen LogP contribution is -2.44. The molecule has 68 valence electrons. The van der Waals surface area contributed by atoms with Crippen LogP contribution in [0.2, 0.25) is 0 Å². The van der Waals surface area contributed by atoms with E-state index < -0.39 is 0 Å². The molecule has 0 aliphatic carbocycles. The van der Waals surface area contributed by atoms with Crippen LogP contribution in [0.3, 0.4) is 0 Å². The monoisotopic (exact) mass is 195 g/mol. The average Bonchev–Trinajstić information content (AvgIpc) is 2.12. The van der Waals surface area contributed by atoms with Gasteiger partial charge in [0.15, 0.2) is 0 Å². The highest BCUT2D eigenvalue weighted by Crippen LogP contribution is 2.15. The van der Waals surface area contributed by atoms with Crippen LogP contribution >= 0.6 is 9.24 Å². The number of rotatable bonds is 0. The van der Waals surface area contributed by atoms with Gasteiger partial charge in [0.2, 0.25) is 0 Å². The number of amides is 1. The first kappa shape index (κ1) is 8.60. The number of fused-ring (bicyclic) bond motifs is 1. The molecule has 0 radical (unpaired) electrons. The maximum Gasteiger partial charge on any atom is 0.270 e. The summed E-state index contributed by atoms with van der Waals surface area (Å²) in [6.07, 6.45) is 2.52. The molecule has 4 nitrogen and oxygen atoms in total. The minimum atomic E-state index is -0.139. The molecular formula is C8H10N3OP. The third kappa shape index (κ3) is 1.32. The van der Waals surface area contributed by atoms with Crippen molar-refractivity contribution in [1.29, 1.82) is 0 Å². The van der Waals surface area contributed by atoms with Crippen molar-refractivity contribution >= 4 is 20.6 Å². The van der Waals surface area contributed by atoms with E-state index in [1.165, 1.54) is 5.01 Å². The molecule has 0 spiro atoms. The molecule has 0 saturated heterocycles. The van der Waals surface area contributed by atoms with Crippen molar-refractivity contribution < 1.29 is 4.79 Å². The molecule has 2 rings (SSSR count). The standard InChI is InChI=1S/C8H10N3OP/c9-11-4-2-5-1-3-10-7(13)6(5)8(11)12/h1,3H,2,4,9,13H2. The molecule has 1 aromatic heterocycles. The largest absolute Gasteiger partial charge is 0.276 e. The maximum absolute atomic E-state index is 11.6. The number of hydrogen-bond donors (Lipinski definition) is 1. The molecular weight excluding hydrogens is 185 g/mol. The number of aromatic nitrogens is 1. The third-order valence-electron chi connectivity index (χ3n) is 2.16. The fraction of sp³-hybridized carbons (Fsp3) is 0.250. The van der Waals surface area contributed by atoms with Crippen molar-refractivity contribution in [2.45, 2.75) is 6.42 Å². The zero-order valence-corrected chi connectivity index (χ0v) is 8.18. The van der Waals surface area contributed by atoms with Crippen LogP contribution in [0.5, 0.6) is 0 Å². The molecule has 1 amide bonds. The first-order chi connectivity index (χ1) is 6.20. The van der Waals surface area contributed by atoms with E-state index in [-0.39, 0.29) is 5.91 Å². The highest BCUT2D eigenvalue weighted by molar-refractivity contribution is 7.27. The number of carbonyl (C=O) groups is 1. The zero-order valence-electron chi connectivity index (χ0n) is 7.03. The second-order valence-corrected chi connectivity index (χ2v) is 3.53. The summed E-state index contributed by atoms with van der Waals surface area (Å²) >= 11 is 0. The van der Waals surface area contributed by atoms with Gasteiger partial charge in [-0.2, -0.15) is 0 Å². The van der Waals surface area contributed by atoms with E-state index in [2.05, 4.69) is 14.2 Å². The first-order valence-corrected chi connectivity index (χ1v) is 4.58. The summed E-state index contributed by atoms with van der Waals surface area (Å²) in [4.78, 5) is 15.6. The van der Waals surface area contributed by atoms with Gasteiger partial charge in [-0.25, -0.2) is 5.84 Å². The predicted octanol–water partition coefficient (Wildman–Crippen LogP) is -0.546. The second kappa shape index (κ2) is 3.05. The molecule has 1 unspecified atom stereocenters. The van der Waals surface area contributed by atoms with Gasteiger partial charge in [0.05, 0.1) is 11.0 Å². The topological polar surface area (TPSA) is 59.2 Å². The molecule has 2 N–H and O–H groups in total. The van der Waals surface area contributed by atoms with Crippen LogP contribution in [0, 0.1) is 0 Å². The third-order valence-corrected chi connectivity index (χ3v) is 2.60. The Kier molecular flexibility index (Phi) is 2.02. The van der Waals surface area contributed by atoms with E-state index in [1.807, 2.05) is 6.07 Å². The van der Waals surface area contributed by atoms with Crippen molar-refractivity contribution in [2.75, 3.05) is 6.54 Å². The van der Waals surface area contributed by atoms with Crippen molar-refractivity contribution in [3.8, 4) is 0 Å². The van der Waals surface area contributed by atoms with Gasteiger partial charge in [-0.15, -0.1) is 0 Å². The summed E-state index contributed by atoms with van der Waals surface area (Å²) in [5.74, 6) is 5.37. The molecule has 0 saturated carbocycles. The van der Waals surface area contributed by atoms with Gasteiger partial charge < -0.3 is 0 Å². The lowest BCUT2D eigenvalue weighted by Gasteiger charge is -2.24. The van der Waals surface area contributed by atoms with E-state index in [9.17, 15) is 4.79 Å². The number of nitrogens with two attached hydrogens (primary N) is 1. The summed E-state index contributed by atoms with van der Waals surface area (Å²) in [6, 6.07) is 1.87. The van der Waals surface area contributed by atoms with Gasteiger partial charge in [0.1, 0.15) is 0 Å². The van der Waals surface area contributed by atoms with Gasteiger partial charge in [0.25, 0.3) is 5.91 Å². The molecule has 0 fully saturated rings. The van der Waals surface area contributed by atoms with Gasteiger partial charge in [-0.3, -0.25) is 14.8 Å². The van der Waals surface area contributed by atoms with E-state index in [0.29, 0.717) is 17.5 Å². The molecule has 2 heterocycles. The van der Waals surface area contributed by atoms with E-state index in [0.717, 1.165) is 12.0 Å². The number of nitrogens with zero attached hydrogens (tertiary/aromatic N) is 2. The van der Waals surface area contributed by atoms with E-state index in [4.69, 9.17) is 5.84 Å². The van der Waals surface area contributed by atoms with Crippen LogP contribution in [-0.2, 0) is 6.42 Å².